The summed E-state index contributed by atoms with van der Waals surface area (Å²) < 4.78 is 24.6. The highest BCUT2D eigenvalue weighted by Crippen LogP contribution is 2.16. The molecule has 156 valence electrons. The number of nitrogens with zero attached hydrogens (tertiary/aromatic N) is 1. The lowest BCUT2D eigenvalue weighted by molar-refractivity contribution is -0.167. The van der Waals surface area contributed by atoms with Gasteiger partial charge < -0.3 is 23.7 Å². The molecule has 1 aliphatic heterocycles. The molecular formula is C18H25NO9. The van der Waals surface area contributed by atoms with Gasteiger partial charge >= 0.3 is 23.9 Å². The Balaban J connectivity index is 2.75. The molecule has 1 rings (SSSR count). The summed E-state index contributed by atoms with van der Waals surface area (Å²) in [5.74, 6) is -2.99. The third kappa shape index (κ3) is 9.28. The van der Waals surface area contributed by atoms with E-state index in [9.17, 15) is 19.2 Å². The van der Waals surface area contributed by atoms with Crippen molar-refractivity contribution in [1.82, 2.24) is 4.90 Å². The number of hydrogen-bond acceptors (Lipinski definition) is 10. The number of morpholine rings is 1. The van der Waals surface area contributed by atoms with Gasteiger partial charge in [-0.05, 0) is 6.92 Å². The predicted molar refractivity (Wildman–Crippen MR) is 95.0 cm³/mol. The zero-order chi connectivity index (χ0) is 21.0. The molecule has 0 N–H and O–H groups in total. The van der Waals surface area contributed by atoms with E-state index < -0.39 is 29.5 Å². The van der Waals surface area contributed by atoms with E-state index in [0.29, 0.717) is 26.3 Å². The zero-order valence-electron chi connectivity index (χ0n) is 16.2. The van der Waals surface area contributed by atoms with Crippen molar-refractivity contribution in [3.05, 3.63) is 24.3 Å². The van der Waals surface area contributed by atoms with Gasteiger partial charge in [0.15, 0.2) is 5.60 Å². The third-order valence-electron chi connectivity index (χ3n) is 3.64. The minimum absolute atomic E-state index is 0.257. The van der Waals surface area contributed by atoms with Crippen LogP contribution >= 0.6 is 0 Å². The molecule has 1 saturated heterocycles. The minimum Gasteiger partial charge on any atom is -0.466 e. The molecule has 0 aliphatic carbocycles. The first-order chi connectivity index (χ1) is 13.3. The highest BCUT2D eigenvalue weighted by atomic mass is 16.6. The van der Waals surface area contributed by atoms with Crippen LogP contribution in [0.5, 0.6) is 0 Å². The van der Waals surface area contributed by atoms with Crippen LogP contribution in [0.1, 0.15) is 6.92 Å². The van der Waals surface area contributed by atoms with Crippen molar-refractivity contribution in [3.8, 4) is 0 Å². The summed E-state index contributed by atoms with van der Waals surface area (Å²) in [6.07, 6.45) is 3.71. The molecule has 10 nitrogen and oxygen atoms in total. The topological polar surface area (TPSA) is 118 Å². The molecule has 0 saturated carbocycles. The molecule has 1 unspecified atom stereocenters. The number of hydrogen-bond donors (Lipinski definition) is 0. The average Bonchev–Trinajstić information content (AvgIpc) is 2.69. The van der Waals surface area contributed by atoms with E-state index in [2.05, 4.69) is 9.47 Å². The molecule has 1 fully saturated rings. The number of ether oxygens (including phenoxy) is 5. The average molecular weight is 399 g/mol. The lowest BCUT2D eigenvalue weighted by atomic mass is 10.1. The number of rotatable bonds is 9. The largest absolute Gasteiger partial charge is 0.466 e. The molecule has 28 heavy (non-hydrogen) atoms. The fourth-order valence-electron chi connectivity index (χ4n) is 2.30. The molecule has 10 heteroatoms. The fourth-order valence-corrected chi connectivity index (χ4v) is 2.30. The van der Waals surface area contributed by atoms with E-state index in [0.717, 1.165) is 24.3 Å². The SMILES string of the molecule is COC(=O)/C=C/C(=O)OCC(C)(CN1CCOCC1)OC(=O)/C=C/C(=O)OC. The summed E-state index contributed by atoms with van der Waals surface area (Å²) in [7, 11) is 2.36. The quantitative estimate of drug-likeness (QED) is 0.288. The van der Waals surface area contributed by atoms with E-state index in [4.69, 9.17) is 14.2 Å². The van der Waals surface area contributed by atoms with Gasteiger partial charge in [-0.2, -0.15) is 0 Å². The van der Waals surface area contributed by atoms with Crippen molar-refractivity contribution in [1.29, 1.82) is 0 Å². The van der Waals surface area contributed by atoms with Crippen LogP contribution in [0.25, 0.3) is 0 Å². The number of carbonyl (C=O) groups is 4. The molecule has 0 aromatic rings. The maximum Gasteiger partial charge on any atom is 0.331 e. The van der Waals surface area contributed by atoms with Crippen LogP contribution in [0.3, 0.4) is 0 Å². The molecule has 1 heterocycles. The lowest BCUT2D eigenvalue weighted by Gasteiger charge is -2.36. The van der Waals surface area contributed by atoms with Crippen LogP contribution in [0.15, 0.2) is 24.3 Å². The second kappa shape index (κ2) is 11.9. The van der Waals surface area contributed by atoms with Crippen molar-refractivity contribution in [3.63, 3.8) is 0 Å². The third-order valence-corrected chi connectivity index (χ3v) is 3.64. The van der Waals surface area contributed by atoms with Gasteiger partial charge in [0.2, 0.25) is 0 Å². The van der Waals surface area contributed by atoms with Crippen LogP contribution in [-0.2, 0) is 42.9 Å². The minimum atomic E-state index is -1.19. The maximum absolute atomic E-state index is 12.0. The Kier molecular flexibility index (Phi) is 9.89. The zero-order valence-corrected chi connectivity index (χ0v) is 16.2. The Bertz CT molecular complexity index is 623. The normalized spacial score (nSPS) is 17.1. The van der Waals surface area contributed by atoms with Gasteiger partial charge in [-0.15, -0.1) is 0 Å². The molecule has 0 aromatic heterocycles. The smallest absolute Gasteiger partial charge is 0.331 e. The van der Waals surface area contributed by atoms with Gasteiger partial charge in [0.1, 0.15) is 6.61 Å². The summed E-state index contributed by atoms with van der Waals surface area (Å²) in [6.45, 7) is 3.95. The standard InChI is InChI=1S/C18H25NO9/c1-18(12-19-8-10-26-11-9-19,28-17(23)7-5-15(21)25-3)13-27-16(22)6-4-14(20)24-2/h4-7H,8-13H2,1-3H3/b6-4+,7-5+. The molecule has 0 spiro atoms. The van der Waals surface area contributed by atoms with Crippen molar-refractivity contribution in [2.24, 2.45) is 0 Å². The highest BCUT2D eigenvalue weighted by Gasteiger charge is 2.33. The van der Waals surface area contributed by atoms with Crippen LogP contribution in [0, 0.1) is 0 Å². The van der Waals surface area contributed by atoms with Crippen molar-refractivity contribution < 1.29 is 42.9 Å². The molecule has 1 aliphatic rings. The predicted octanol–water partition coefficient (Wildman–Crippen LogP) is -0.378. The van der Waals surface area contributed by atoms with Gasteiger partial charge in [0.25, 0.3) is 0 Å². The van der Waals surface area contributed by atoms with Crippen molar-refractivity contribution in [2.45, 2.75) is 12.5 Å². The van der Waals surface area contributed by atoms with Gasteiger partial charge in [0.05, 0.1) is 27.4 Å². The van der Waals surface area contributed by atoms with Crippen molar-refractivity contribution in [2.75, 3.05) is 53.7 Å². The number of esters is 4. The summed E-state index contributed by atoms with van der Waals surface area (Å²) in [6, 6.07) is 0. The second-order valence-corrected chi connectivity index (χ2v) is 6.08. The summed E-state index contributed by atoms with van der Waals surface area (Å²) in [4.78, 5) is 48.0. The van der Waals surface area contributed by atoms with Crippen LogP contribution in [-0.4, -0.2) is 88.1 Å². The first kappa shape index (κ1) is 23.3. The van der Waals surface area contributed by atoms with E-state index in [1.54, 1.807) is 6.92 Å². The van der Waals surface area contributed by atoms with E-state index in [1.165, 1.54) is 14.2 Å². The Morgan fingerprint density at radius 2 is 1.39 bits per heavy atom. The van der Waals surface area contributed by atoms with Crippen LogP contribution in [0.4, 0.5) is 0 Å². The summed E-state index contributed by atoms with van der Waals surface area (Å²) in [5, 5.41) is 0. The van der Waals surface area contributed by atoms with Crippen LogP contribution in [0.2, 0.25) is 0 Å². The van der Waals surface area contributed by atoms with E-state index >= 15 is 0 Å². The van der Waals surface area contributed by atoms with E-state index in [1.807, 2.05) is 4.90 Å². The summed E-state index contributed by atoms with van der Waals surface area (Å²) >= 11 is 0. The number of carbonyl (C=O) groups excluding carboxylic acids is 4. The summed E-state index contributed by atoms with van der Waals surface area (Å²) in [5.41, 5.74) is -1.19. The van der Waals surface area contributed by atoms with Crippen molar-refractivity contribution >= 4 is 23.9 Å². The second-order valence-electron chi connectivity index (χ2n) is 6.08. The molecular weight excluding hydrogens is 374 g/mol. The fraction of sp³-hybridized carbons (Fsp3) is 0.556. The Hall–Kier alpha value is -2.72. The Morgan fingerprint density at radius 3 is 1.93 bits per heavy atom. The van der Waals surface area contributed by atoms with Gasteiger partial charge in [-0.1, -0.05) is 0 Å². The Morgan fingerprint density at radius 1 is 0.893 bits per heavy atom. The van der Waals surface area contributed by atoms with Crippen LogP contribution < -0.4 is 0 Å². The molecule has 1 atom stereocenters. The molecule has 0 aromatic carbocycles. The monoisotopic (exact) mass is 399 g/mol. The first-order valence-electron chi connectivity index (χ1n) is 8.50. The van der Waals surface area contributed by atoms with Gasteiger partial charge in [0, 0.05) is 43.9 Å². The molecule has 0 amide bonds. The maximum atomic E-state index is 12.0. The first-order valence-corrected chi connectivity index (χ1v) is 8.50. The van der Waals surface area contributed by atoms with E-state index in [-0.39, 0.29) is 13.2 Å². The van der Waals surface area contributed by atoms with Gasteiger partial charge in [-0.25, -0.2) is 19.2 Å². The lowest BCUT2D eigenvalue weighted by Crippen LogP contribution is -2.50. The highest BCUT2D eigenvalue weighted by molar-refractivity contribution is 5.92. The Labute approximate surface area is 163 Å². The molecule has 0 bridgehead atoms. The molecule has 0 radical (unpaired) electrons. The van der Waals surface area contributed by atoms with Gasteiger partial charge in [-0.3, -0.25) is 4.90 Å². The number of methoxy groups -OCH3 is 2.